The largest absolute Gasteiger partial charge is 0.315 e. The van der Waals surface area contributed by atoms with E-state index < -0.39 is 0 Å². The minimum atomic E-state index is 0.284. The van der Waals surface area contributed by atoms with E-state index in [0.717, 1.165) is 24.0 Å². The van der Waals surface area contributed by atoms with Crippen molar-refractivity contribution < 1.29 is 0 Å². The zero-order chi connectivity index (χ0) is 12.3. The Balaban J connectivity index is 2.14. The molecule has 0 radical (unpaired) electrons. The molecule has 0 aliphatic carbocycles. The van der Waals surface area contributed by atoms with Gasteiger partial charge in [0, 0.05) is 16.6 Å². The molecule has 0 spiro atoms. The predicted octanol–water partition coefficient (Wildman–Crippen LogP) is 2.68. The van der Waals surface area contributed by atoms with Crippen molar-refractivity contribution in [3.8, 4) is 0 Å². The number of hydrogen-bond acceptors (Lipinski definition) is 2. The zero-order valence-corrected chi connectivity index (χ0v) is 12.3. The summed E-state index contributed by atoms with van der Waals surface area (Å²) in [6.45, 7) is 2.26. The van der Waals surface area contributed by atoms with Gasteiger partial charge in [0.2, 0.25) is 0 Å². The molecule has 1 atom stereocenters. The fourth-order valence-electron chi connectivity index (χ4n) is 2.62. The van der Waals surface area contributed by atoms with E-state index in [1.165, 1.54) is 18.4 Å². The minimum absolute atomic E-state index is 0.284. The number of piperidine rings is 1. The maximum atomic E-state index is 3.54. The van der Waals surface area contributed by atoms with Gasteiger partial charge in [-0.3, -0.25) is 0 Å². The van der Waals surface area contributed by atoms with Gasteiger partial charge in [0.15, 0.2) is 0 Å². The molecule has 17 heavy (non-hydrogen) atoms. The lowest BCUT2D eigenvalue weighted by molar-refractivity contribution is 0.114. The highest BCUT2D eigenvalue weighted by molar-refractivity contribution is 9.10. The van der Waals surface area contributed by atoms with E-state index in [4.69, 9.17) is 0 Å². The van der Waals surface area contributed by atoms with Crippen LogP contribution in [0.2, 0.25) is 0 Å². The van der Waals surface area contributed by atoms with E-state index in [1.807, 2.05) is 0 Å². The van der Waals surface area contributed by atoms with E-state index in [-0.39, 0.29) is 5.54 Å². The highest BCUT2D eigenvalue weighted by atomic mass is 79.9. The molecule has 2 rings (SSSR count). The molecule has 1 aliphatic rings. The third kappa shape index (κ3) is 3.09. The third-order valence-electron chi connectivity index (χ3n) is 3.84. The predicted molar refractivity (Wildman–Crippen MR) is 76.4 cm³/mol. The van der Waals surface area contributed by atoms with Crippen LogP contribution in [0.25, 0.3) is 0 Å². The van der Waals surface area contributed by atoms with Crippen LogP contribution in [0.5, 0.6) is 0 Å². The Labute approximate surface area is 113 Å². The maximum Gasteiger partial charge on any atom is 0.0368 e. The lowest BCUT2D eigenvalue weighted by Gasteiger charge is -2.43. The van der Waals surface area contributed by atoms with Crippen LogP contribution < -0.4 is 5.32 Å². The first-order valence-electron chi connectivity index (χ1n) is 6.25. The van der Waals surface area contributed by atoms with Crippen molar-refractivity contribution in [3.05, 3.63) is 34.3 Å². The van der Waals surface area contributed by atoms with Crippen LogP contribution in [-0.2, 0) is 6.42 Å². The Hall–Kier alpha value is -0.380. The number of halogens is 1. The lowest BCUT2D eigenvalue weighted by Crippen LogP contribution is -2.56. The van der Waals surface area contributed by atoms with E-state index in [9.17, 15) is 0 Å². The molecule has 0 saturated carbocycles. The summed E-state index contributed by atoms with van der Waals surface area (Å²) in [5.41, 5.74) is 1.71. The lowest BCUT2D eigenvalue weighted by atomic mass is 9.83. The molecular weight excluding hydrogens is 276 g/mol. The molecule has 0 amide bonds. The van der Waals surface area contributed by atoms with Gasteiger partial charge in [0.05, 0.1) is 0 Å². The second-order valence-electron chi connectivity index (χ2n) is 5.20. The zero-order valence-electron chi connectivity index (χ0n) is 10.7. The SMILES string of the molecule is CN(C)C1(Cc2ccc(Br)cc2)CCCNC1. The summed E-state index contributed by atoms with van der Waals surface area (Å²) in [5, 5.41) is 3.54. The molecule has 1 heterocycles. The first kappa shape index (κ1) is 13.1. The van der Waals surface area contributed by atoms with Crippen molar-refractivity contribution in [3.63, 3.8) is 0 Å². The normalized spacial score (nSPS) is 25.2. The van der Waals surface area contributed by atoms with Crippen molar-refractivity contribution in [1.29, 1.82) is 0 Å². The van der Waals surface area contributed by atoms with Gasteiger partial charge in [-0.05, 0) is 57.6 Å². The number of likely N-dealkylation sites (N-methyl/N-ethyl adjacent to an activating group) is 1. The highest BCUT2D eigenvalue weighted by Crippen LogP contribution is 2.26. The average molecular weight is 297 g/mol. The minimum Gasteiger partial charge on any atom is -0.315 e. The topological polar surface area (TPSA) is 15.3 Å². The molecule has 2 nitrogen and oxygen atoms in total. The summed E-state index contributed by atoms with van der Waals surface area (Å²) in [7, 11) is 4.40. The summed E-state index contributed by atoms with van der Waals surface area (Å²) in [6.07, 6.45) is 3.68. The molecule has 3 heteroatoms. The standard InChI is InChI=1S/C14H21BrN2/c1-17(2)14(8-3-9-16-11-14)10-12-4-6-13(15)7-5-12/h4-7,16H,3,8-11H2,1-2H3. The van der Waals surface area contributed by atoms with Crippen molar-refractivity contribution in [2.45, 2.75) is 24.8 Å². The van der Waals surface area contributed by atoms with E-state index >= 15 is 0 Å². The molecule has 1 aliphatic heterocycles. The molecule has 0 bridgehead atoms. The Kier molecular flexibility index (Phi) is 4.23. The molecular formula is C14H21BrN2. The Morgan fingerprint density at radius 2 is 2.00 bits per heavy atom. The van der Waals surface area contributed by atoms with Crippen molar-refractivity contribution in [1.82, 2.24) is 10.2 Å². The van der Waals surface area contributed by atoms with Crippen LogP contribution in [0.15, 0.2) is 28.7 Å². The summed E-state index contributed by atoms with van der Waals surface area (Å²) >= 11 is 3.49. The van der Waals surface area contributed by atoms with Crippen molar-refractivity contribution in [2.24, 2.45) is 0 Å². The second kappa shape index (κ2) is 5.51. The quantitative estimate of drug-likeness (QED) is 0.923. The van der Waals surface area contributed by atoms with Crippen LogP contribution in [0, 0.1) is 0 Å². The second-order valence-corrected chi connectivity index (χ2v) is 6.12. The smallest absolute Gasteiger partial charge is 0.0368 e. The average Bonchev–Trinajstić information content (AvgIpc) is 2.33. The van der Waals surface area contributed by atoms with Crippen molar-refractivity contribution in [2.75, 3.05) is 27.2 Å². The number of nitrogens with one attached hydrogen (secondary N) is 1. The molecule has 1 unspecified atom stereocenters. The Morgan fingerprint density at radius 1 is 1.29 bits per heavy atom. The Morgan fingerprint density at radius 3 is 2.53 bits per heavy atom. The first-order chi connectivity index (χ1) is 8.12. The third-order valence-corrected chi connectivity index (χ3v) is 4.37. The van der Waals surface area contributed by atoms with Gasteiger partial charge in [-0.2, -0.15) is 0 Å². The van der Waals surface area contributed by atoms with Crippen molar-refractivity contribution >= 4 is 15.9 Å². The van der Waals surface area contributed by atoms with Crippen LogP contribution in [0.4, 0.5) is 0 Å². The molecule has 1 aromatic rings. The maximum absolute atomic E-state index is 3.54. The number of nitrogens with zero attached hydrogens (tertiary/aromatic N) is 1. The summed E-state index contributed by atoms with van der Waals surface area (Å²) in [6, 6.07) is 8.72. The molecule has 1 saturated heterocycles. The van der Waals surface area contributed by atoms with E-state index in [0.29, 0.717) is 0 Å². The summed E-state index contributed by atoms with van der Waals surface area (Å²) in [5.74, 6) is 0. The highest BCUT2D eigenvalue weighted by Gasteiger charge is 2.34. The number of benzene rings is 1. The van der Waals surface area contributed by atoms with E-state index in [2.05, 4.69) is 64.5 Å². The van der Waals surface area contributed by atoms with Gasteiger partial charge >= 0.3 is 0 Å². The van der Waals surface area contributed by atoms with Gasteiger partial charge in [-0.15, -0.1) is 0 Å². The molecule has 94 valence electrons. The van der Waals surface area contributed by atoms with Gasteiger partial charge in [-0.25, -0.2) is 0 Å². The Bertz CT molecular complexity index is 353. The summed E-state index contributed by atoms with van der Waals surface area (Å²) in [4.78, 5) is 2.39. The van der Waals surface area contributed by atoms with Crippen LogP contribution in [-0.4, -0.2) is 37.6 Å². The van der Waals surface area contributed by atoms with Gasteiger partial charge in [-0.1, -0.05) is 28.1 Å². The molecule has 1 N–H and O–H groups in total. The van der Waals surface area contributed by atoms with Gasteiger partial charge in [0.25, 0.3) is 0 Å². The van der Waals surface area contributed by atoms with E-state index in [1.54, 1.807) is 0 Å². The van der Waals surface area contributed by atoms with Crippen LogP contribution >= 0.6 is 15.9 Å². The number of hydrogen-bond donors (Lipinski definition) is 1. The fourth-order valence-corrected chi connectivity index (χ4v) is 2.89. The molecule has 1 fully saturated rings. The fraction of sp³-hybridized carbons (Fsp3) is 0.571. The molecule has 1 aromatic carbocycles. The van der Waals surface area contributed by atoms with Crippen LogP contribution in [0.1, 0.15) is 18.4 Å². The van der Waals surface area contributed by atoms with Gasteiger partial charge < -0.3 is 10.2 Å². The van der Waals surface area contributed by atoms with Gasteiger partial charge in [0.1, 0.15) is 0 Å². The number of rotatable bonds is 3. The van der Waals surface area contributed by atoms with Crippen LogP contribution in [0.3, 0.4) is 0 Å². The monoisotopic (exact) mass is 296 g/mol. The summed E-state index contributed by atoms with van der Waals surface area (Å²) < 4.78 is 1.15. The molecule has 0 aromatic heterocycles. The first-order valence-corrected chi connectivity index (χ1v) is 7.04.